The van der Waals surface area contributed by atoms with Crippen LogP contribution in [0, 0.1) is 5.92 Å². The molecule has 4 N–H and O–H groups in total. The number of aliphatic hydroxyl groups is 2. The molecule has 0 aliphatic carbocycles. The van der Waals surface area contributed by atoms with Crippen molar-refractivity contribution in [2.75, 3.05) is 18.1 Å². The van der Waals surface area contributed by atoms with Gasteiger partial charge in [0.1, 0.15) is 35.5 Å². The minimum Gasteiger partial charge on any atom is -0.388 e. The van der Waals surface area contributed by atoms with Crippen LogP contribution in [0.25, 0.3) is 11.2 Å². The van der Waals surface area contributed by atoms with E-state index in [-0.39, 0.29) is 12.0 Å². The van der Waals surface area contributed by atoms with Gasteiger partial charge in [-0.05, 0) is 11.7 Å². The molecule has 0 spiro atoms. The first-order valence-electron chi connectivity index (χ1n) is 7.51. The third kappa shape index (κ3) is 3.14. The molecule has 1 aliphatic rings. The van der Waals surface area contributed by atoms with E-state index in [0.29, 0.717) is 22.9 Å². The molecule has 4 atom stereocenters. The molecule has 0 amide bonds. The molecule has 1 unspecified atom stereocenters. The predicted molar refractivity (Wildman–Crippen MR) is 87.8 cm³/mol. The molecule has 0 radical (unpaired) electrons. The zero-order chi connectivity index (χ0) is 16.6. The van der Waals surface area contributed by atoms with Crippen LogP contribution in [-0.4, -0.2) is 60.4 Å². The van der Waals surface area contributed by atoms with E-state index in [2.05, 4.69) is 28.8 Å². The van der Waals surface area contributed by atoms with Gasteiger partial charge in [-0.1, -0.05) is 13.8 Å². The third-order valence-electron chi connectivity index (χ3n) is 3.73. The number of imidazole rings is 1. The number of aromatic nitrogens is 4. The Kier molecular flexibility index (Phi) is 4.72. The molecule has 1 saturated heterocycles. The zero-order valence-electron chi connectivity index (χ0n) is 13.0. The fourth-order valence-corrected chi connectivity index (χ4v) is 3.88. The number of nitrogens with zero attached hydrogens (tertiary/aromatic N) is 4. The number of nitrogens with two attached hydrogens (primary N) is 1. The quantitative estimate of drug-likeness (QED) is 0.717. The Morgan fingerprint density at radius 3 is 2.83 bits per heavy atom. The van der Waals surface area contributed by atoms with Crippen LogP contribution in [0.3, 0.4) is 0 Å². The number of aliphatic hydroxyl groups excluding tert-OH is 2. The normalized spacial score (nSPS) is 26.2. The van der Waals surface area contributed by atoms with E-state index in [1.165, 1.54) is 6.33 Å². The molecule has 1 aliphatic heterocycles. The van der Waals surface area contributed by atoms with Crippen molar-refractivity contribution in [2.24, 2.45) is 5.92 Å². The van der Waals surface area contributed by atoms with Gasteiger partial charge in [0.15, 0.2) is 11.5 Å². The molecule has 3 heterocycles. The molecule has 0 bridgehead atoms. The van der Waals surface area contributed by atoms with E-state index in [4.69, 9.17) is 10.5 Å². The molecule has 126 valence electrons. The van der Waals surface area contributed by atoms with E-state index in [1.54, 1.807) is 18.1 Å². The van der Waals surface area contributed by atoms with Gasteiger partial charge >= 0.3 is 0 Å². The summed E-state index contributed by atoms with van der Waals surface area (Å²) in [4.78, 5) is 12.5. The van der Waals surface area contributed by atoms with E-state index < -0.39 is 18.3 Å². The average molecular weight is 339 g/mol. The van der Waals surface area contributed by atoms with Gasteiger partial charge in [-0.2, -0.15) is 0 Å². The Morgan fingerprint density at radius 2 is 2.17 bits per heavy atom. The average Bonchev–Trinajstić information content (AvgIpc) is 3.07. The molecule has 23 heavy (non-hydrogen) atoms. The van der Waals surface area contributed by atoms with Crippen LogP contribution >= 0.6 is 11.8 Å². The Morgan fingerprint density at radius 1 is 1.39 bits per heavy atom. The molecule has 9 heteroatoms. The van der Waals surface area contributed by atoms with Gasteiger partial charge in [-0.15, -0.1) is 11.8 Å². The number of anilines is 1. The smallest absolute Gasteiger partial charge is 0.166 e. The summed E-state index contributed by atoms with van der Waals surface area (Å²) in [5.41, 5.74) is 6.96. The van der Waals surface area contributed by atoms with Gasteiger partial charge in [-0.25, -0.2) is 15.0 Å². The largest absolute Gasteiger partial charge is 0.388 e. The van der Waals surface area contributed by atoms with Crippen molar-refractivity contribution in [1.29, 1.82) is 0 Å². The first-order chi connectivity index (χ1) is 11.0. The highest BCUT2D eigenvalue weighted by molar-refractivity contribution is 7.99. The van der Waals surface area contributed by atoms with Gasteiger partial charge in [0.2, 0.25) is 0 Å². The van der Waals surface area contributed by atoms with Gasteiger partial charge in [-0.3, -0.25) is 4.57 Å². The summed E-state index contributed by atoms with van der Waals surface area (Å²) in [6.45, 7) is 4.36. The second kappa shape index (κ2) is 6.60. The topological polar surface area (TPSA) is 119 Å². The highest BCUT2D eigenvalue weighted by Gasteiger charge is 2.41. The van der Waals surface area contributed by atoms with Gasteiger partial charge in [0.05, 0.1) is 12.9 Å². The van der Waals surface area contributed by atoms with Crippen molar-refractivity contribution in [3.8, 4) is 0 Å². The minimum absolute atomic E-state index is 0.119. The number of ether oxygens (including phenoxy) is 1. The molecular formula is C14H21N5O3S. The number of hydrogen-bond acceptors (Lipinski definition) is 8. The van der Waals surface area contributed by atoms with Crippen LogP contribution in [0.5, 0.6) is 0 Å². The molecular weight excluding hydrogens is 318 g/mol. The van der Waals surface area contributed by atoms with Crippen molar-refractivity contribution in [2.45, 2.75) is 37.5 Å². The van der Waals surface area contributed by atoms with E-state index in [9.17, 15) is 10.2 Å². The van der Waals surface area contributed by atoms with Crippen LogP contribution < -0.4 is 5.73 Å². The second-order valence-corrected chi connectivity index (χ2v) is 7.21. The summed E-state index contributed by atoms with van der Waals surface area (Å²) in [5, 5.41) is 19.8. The summed E-state index contributed by atoms with van der Waals surface area (Å²) >= 11 is 1.64. The Labute approximate surface area is 138 Å². The molecule has 0 saturated carbocycles. The first-order valence-corrected chi connectivity index (χ1v) is 8.56. The standard InChI is InChI=1S/C14H21N5O3S/c1-7(2)4-23-14(11-10(21)8(20)3-22-11)19-6-18-9-12(15)16-5-17-13(9)19/h5-8,10-11,14,20-21H,3-4H2,1-2H3,(H2,15,16,17)/t8-,10+,11-,14?/m1/s1. The third-order valence-corrected chi connectivity index (χ3v) is 5.43. The zero-order valence-corrected chi connectivity index (χ0v) is 13.8. The van der Waals surface area contributed by atoms with Crippen LogP contribution in [-0.2, 0) is 4.74 Å². The number of thioether (sulfide) groups is 1. The SMILES string of the molecule is CC(C)CSC([C@@H]1OC[C@@H](O)[C@@H]1O)n1cnc2c(N)ncnc21. The number of nitrogen functional groups attached to an aromatic ring is 1. The van der Waals surface area contributed by atoms with Crippen molar-refractivity contribution in [3.63, 3.8) is 0 Å². The highest BCUT2D eigenvalue weighted by atomic mass is 32.2. The number of hydrogen-bond donors (Lipinski definition) is 3. The molecule has 1 fully saturated rings. The van der Waals surface area contributed by atoms with E-state index in [1.807, 2.05) is 4.57 Å². The molecule has 2 aromatic heterocycles. The maximum atomic E-state index is 10.2. The molecule has 3 rings (SSSR count). The summed E-state index contributed by atoms with van der Waals surface area (Å²) in [5.74, 6) is 1.66. The highest BCUT2D eigenvalue weighted by Crippen LogP contribution is 2.37. The fourth-order valence-electron chi connectivity index (χ4n) is 2.56. The molecule has 2 aromatic rings. The summed E-state index contributed by atoms with van der Waals surface area (Å²) in [6.07, 6.45) is 0.658. The number of rotatable bonds is 5. The summed E-state index contributed by atoms with van der Waals surface area (Å²) in [6, 6.07) is 0. The molecule has 0 aromatic carbocycles. The van der Waals surface area contributed by atoms with Crippen molar-refractivity contribution >= 4 is 28.7 Å². The Hall–Kier alpha value is -1.42. The number of fused-ring (bicyclic) bond motifs is 1. The van der Waals surface area contributed by atoms with Crippen molar-refractivity contribution in [1.82, 2.24) is 19.5 Å². The lowest BCUT2D eigenvalue weighted by Crippen LogP contribution is -2.35. The maximum absolute atomic E-state index is 10.2. The lowest BCUT2D eigenvalue weighted by atomic mass is 10.1. The van der Waals surface area contributed by atoms with Gasteiger partial charge < -0.3 is 20.7 Å². The van der Waals surface area contributed by atoms with E-state index in [0.717, 1.165) is 5.75 Å². The molecule has 8 nitrogen and oxygen atoms in total. The fraction of sp³-hybridized carbons (Fsp3) is 0.643. The van der Waals surface area contributed by atoms with Crippen LogP contribution in [0.4, 0.5) is 5.82 Å². The van der Waals surface area contributed by atoms with Crippen molar-refractivity contribution < 1.29 is 14.9 Å². The summed E-state index contributed by atoms with van der Waals surface area (Å²) in [7, 11) is 0. The van der Waals surface area contributed by atoms with Crippen LogP contribution in [0.2, 0.25) is 0 Å². The van der Waals surface area contributed by atoms with Crippen LogP contribution in [0.1, 0.15) is 19.2 Å². The van der Waals surface area contributed by atoms with Crippen molar-refractivity contribution in [3.05, 3.63) is 12.7 Å². The minimum atomic E-state index is -0.948. The predicted octanol–water partition coefficient (Wildman–Crippen LogP) is 0.417. The summed E-state index contributed by atoms with van der Waals surface area (Å²) < 4.78 is 7.47. The maximum Gasteiger partial charge on any atom is 0.166 e. The Bertz CT molecular complexity index is 679. The second-order valence-electron chi connectivity index (χ2n) is 6.06. The van der Waals surface area contributed by atoms with Gasteiger partial charge in [0.25, 0.3) is 0 Å². The lowest BCUT2D eigenvalue weighted by molar-refractivity contribution is 0.0137. The van der Waals surface area contributed by atoms with Crippen LogP contribution in [0.15, 0.2) is 12.7 Å². The van der Waals surface area contributed by atoms with Gasteiger partial charge in [0, 0.05) is 0 Å². The first kappa shape index (κ1) is 16.4. The lowest BCUT2D eigenvalue weighted by Gasteiger charge is -2.27. The van der Waals surface area contributed by atoms with E-state index >= 15 is 0 Å². The Balaban J connectivity index is 1.98. The monoisotopic (exact) mass is 339 g/mol.